The summed E-state index contributed by atoms with van der Waals surface area (Å²) in [6, 6.07) is 11.7. The average Bonchev–Trinajstić information content (AvgIpc) is 2.67. The van der Waals surface area contributed by atoms with Gasteiger partial charge in [-0.15, -0.1) is 0 Å². The molecule has 0 radical (unpaired) electrons. The zero-order valence-corrected chi connectivity index (χ0v) is 14.9. The van der Waals surface area contributed by atoms with Gasteiger partial charge in [-0.3, -0.25) is 4.79 Å². The first-order valence-corrected chi connectivity index (χ1v) is 8.52. The normalized spacial score (nSPS) is 10.1. The molecular formula is C20H21NO6. The Kier molecular flexibility index (Phi) is 7.37. The zero-order chi connectivity index (χ0) is 19.6. The second-order valence-electron chi connectivity index (χ2n) is 5.74. The summed E-state index contributed by atoms with van der Waals surface area (Å²) < 4.78 is 10.0. The van der Waals surface area contributed by atoms with Crippen LogP contribution in [0.1, 0.15) is 40.5 Å². The molecule has 0 spiro atoms. The Morgan fingerprint density at radius 2 is 1.44 bits per heavy atom. The number of phenols is 1. The molecular weight excluding hydrogens is 350 g/mol. The Labute approximate surface area is 156 Å². The molecule has 0 unspecified atom stereocenters. The van der Waals surface area contributed by atoms with Crippen molar-refractivity contribution in [2.45, 2.75) is 19.8 Å². The first kappa shape index (κ1) is 20.0. The van der Waals surface area contributed by atoms with Gasteiger partial charge in [-0.25, -0.2) is 9.59 Å². The monoisotopic (exact) mass is 371 g/mol. The van der Waals surface area contributed by atoms with Gasteiger partial charge in [0.1, 0.15) is 5.75 Å². The first-order chi connectivity index (χ1) is 13.0. The van der Waals surface area contributed by atoms with E-state index >= 15 is 0 Å². The largest absolute Gasteiger partial charge is 0.508 e. The van der Waals surface area contributed by atoms with Crippen molar-refractivity contribution in [2.24, 2.45) is 0 Å². The van der Waals surface area contributed by atoms with E-state index in [0.717, 1.165) is 12.8 Å². The second kappa shape index (κ2) is 9.96. The lowest BCUT2D eigenvalue weighted by molar-refractivity contribution is -0.119. The van der Waals surface area contributed by atoms with Crippen molar-refractivity contribution in [3.05, 3.63) is 59.7 Å². The molecule has 7 nitrogen and oxygen atoms in total. The van der Waals surface area contributed by atoms with Crippen LogP contribution in [0.3, 0.4) is 0 Å². The highest BCUT2D eigenvalue weighted by molar-refractivity contribution is 5.96. The number of benzene rings is 2. The summed E-state index contributed by atoms with van der Waals surface area (Å²) in [6.07, 6.45) is 1.75. The number of carbonyl (C=O) groups excluding carboxylic acids is 3. The SMILES string of the molecule is CCCCOC(=O)c1ccc(NC(=O)COC(=O)c2ccc(O)cc2)cc1. The summed E-state index contributed by atoms with van der Waals surface area (Å²) in [7, 11) is 0. The predicted octanol–water partition coefficient (Wildman–Crippen LogP) is 3.14. The summed E-state index contributed by atoms with van der Waals surface area (Å²) in [6.45, 7) is 1.92. The molecule has 1 amide bonds. The molecule has 0 heterocycles. The van der Waals surface area contributed by atoms with Crippen molar-refractivity contribution in [2.75, 3.05) is 18.5 Å². The molecule has 0 atom stereocenters. The van der Waals surface area contributed by atoms with E-state index in [2.05, 4.69) is 5.32 Å². The minimum absolute atomic E-state index is 0.0296. The Hall–Kier alpha value is -3.35. The van der Waals surface area contributed by atoms with Crippen molar-refractivity contribution in [3.63, 3.8) is 0 Å². The molecule has 2 aromatic rings. The maximum Gasteiger partial charge on any atom is 0.338 e. The third kappa shape index (κ3) is 6.47. The van der Waals surface area contributed by atoms with Crippen molar-refractivity contribution < 1.29 is 29.0 Å². The molecule has 0 aliphatic rings. The maximum atomic E-state index is 11.9. The third-order valence-corrected chi connectivity index (χ3v) is 3.57. The van der Waals surface area contributed by atoms with Crippen molar-refractivity contribution in [1.29, 1.82) is 0 Å². The number of aromatic hydroxyl groups is 1. The molecule has 0 bridgehead atoms. The quantitative estimate of drug-likeness (QED) is 0.546. The fourth-order valence-electron chi connectivity index (χ4n) is 2.09. The van der Waals surface area contributed by atoms with E-state index in [4.69, 9.17) is 9.47 Å². The fourth-order valence-corrected chi connectivity index (χ4v) is 2.09. The first-order valence-electron chi connectivity index (χ1n) is 8.52. The van der Waals surface area contributed by atoms with Crippen molar-refractivity contribution >= 4 is 23.5 Å². The van der Waals surface area contributed by atoms with Gasteiger partial charge in [-0.05, 0) is 55.0 Å². The number of hydrogen-bond donors (Lipinski definition) is 2. The zero-order valence-electron chi connectivity index (χ0n) is 14.9. The summed E-state index contributed by atoms with van der Waals surface area (Å²) >= 11 is 0. The summed E-state index contributed by atoms with van der Waals surface area (Å²) in [4.78, 5) is 35.5. The number of amides is 1. The van der Waals surface area contributed by atoms with E-state index in [1.807, 2.05) is 6.92 Å². The molecule has 0 aliphatic carbocycles. The average molecular weight is 371 g/mol. The predicted molar refractivity (Wildman–Crippen MR) is 98.7 cm³/mol. The molecule has 0 saturated heterocycles. The van der Waals surface area contributed by atoms with Gasteiger partial charge in [0, 0.05) is 5.69 Å². The van der Waals surface area contributed by atoms with Crippen LogP contribution >= 0.6 is 0 Å². The lowest BCUT2D eigenvalue weighted by Gasteiger charge is -2.08. The Balaban J connectivity index is 1.80. The van der Waals surface area contributed by atoms with E-state index in [1.165, 1.54) is 24.3 Å². The highest BCUT2D eigenvalue weighted by Gasteiger charge is 2.11. The van der Waals surface area contributed by atoms with Gasteiger partial charge in [0.25, 0.3) is 5.91 Å². The van der Waals surface area contributed by atoms with Crippen LogP contribution in [0.4, 0.5) is 5.69 Å². The van der Waals surface area contributed by atoms with E-state index in [1.54, 1.807) is 24.3 Å². The van der Waals surface area contributed by atoms with E-state index in [0.29, 0.717) is 17.9 Å². The molecule has 7 heteroatoms. The number of phenolic OH excluding ortho intramolecular Hbond substituents is 1. The number of unbranched alkanes of at least 4 members (excludes halogenated alkanes) is 1. The number of nitrogens with one attached hydrogen (secondary N) is 1. The van der Waals surface area contributed by atoms with Gasteiger partial charge in [0.2, 0.25) is 0 Å². The van der Waals surface area contributed by atoms with Crippen LogP contribution in [0.15, 0.2) is 48.5 Å². The highest BCUT2D eigenvalue weighted by Crippen LogP contribution is 2.12. The second-order valence-corrected chi connectivity index (χ2v) is 5.74. The third-order valence-electron chi connectivity index (χ3n) is 3.57. The molecule has 0 fully saturated rings. The number of carbonyl (C=O) groups is 3. The molecule has 27 heavy (non-hydrogen) atoms. The smallest absolute Gasteiger partial charge is 0.338 e. The molecule has 2 N–H and O–H groups in total. The summed E-state index contributed by atoms with van der Waals surface area (Å²) in [5, 5.41) is 11.8. The molecule has 0 aliphatic heterocycles. The lowest BCUT2D eigenvalue weighted by atomic mass is 10.2. The topological polar surface area (TPSA) is 102 Å². The Bertz CT molecular complexity index is 783. The number of anilines is 1. The summed E-state index contributed by atoms with van der Waals surface area (Å²) in [5.74, 6) is -1.57. The van der Waals surface area contributed by atoms with Crippen LogP contribution in [0.5, 0.6) is 5.75 Å². The number of hydrogen-bond acceptors (Lipinski definition) is 6. The maximum absolute atomic E-state index is 11.9. The Morgan fingerprint density at radius 1 is 0.889 bits per heavy atom. The van der Waals surface area contributed by atoms with Gasteiger partial charge in [-0.2, -0.15) is 0 Å². The van der Waals surface area contributed by atoms with E-state index in [-0.39, 0.29) is 11.3 Å². The van der Waals surface area contributed by atoms with Gasteiger partial charge in [-0.1, -0.05) is 13.3 Å². The van der Waals surface area contributed by atoms with Crippen LogP contribution in [-0.4, -0.2) is 36.2 Å². The van der Waals surface area contributed by atoms with E-state index < -0.39 is 24.5 Å². The van der Waals surface area contributed by atoms with E-state index in [9.17, 15) is 19.5 Å². The minimum atomic E-state index is -0.671. The number of ether oxygens (including phenoxy) is 2. The van der Waals surface area contributed by atoms with Crippen LogP contribution in [0, 0.1) is 0 Å². The standard InChI is InChI=1S/C20H21NO6/c1-2-3-12-26-19(24)14-4-8-16(9-5-14)21-18(23)13-27-20(25)15-6-10-17(22)11-7-15/h4-11,22H,2-3,12-13H2,1H3,(H,21,23). The fraction of sp³-hybridized carbons (Fsp3) is 0.250. The van der Waals surface area contributed by atoms with Crippen molar-refractivity contribution in [3.8, 4) is 5.75 Å². The molecule has 2 rings (SSSR count). The molecule has 0 aromatic heterocycles. The number of esters is 2. The van der Waals surface area contributed by atoms with Crippen LogP contribution in [0.2, 0.25) is 0 Å². The number of rotatable bonds is 8. The van der Waals surface area contributed by atoms with Crippen molar-refractivity contribution in [1.82, 2.24) is 0 Å². The van der Waals surface area contributed by atoms with Crippen LogP contribution in [0.25, 0.3) is 0 Å². The molecule has 2 aromatic carbocycles. The lowest BCUT2D eigenvalue weighted by Crippen LogP contribution is -2.21. The van der Waals surface area contributed by atoms with Crippen LogP contribution < -0.4 is 5.32 Å². The molecule has 142 valence electrons. The Morgan fingerprint density at radius 3 is 2.04 bits per heavy atom. The molecule has 0 saturated carbocycles. The van der Waals surface area contributed by atoms with Crippen LogP contribution in [-0.2, 0) is 14.3 Å². The van der Waals surface area contributed by atoms with Gasteiger partial charge >= 0.3 is 11.9 Å². The summed E-state index contributed by atoms with van der Waals surface area (Å²) in [5.41, 5.74) is 1.08. The van der Waals surface area contributed by atoms with Gasteiger partial charge in [0.05, 0.1) is 17.7 Å². The highest BCUT2D eigenvalue weighted by atomic mass is 16.5. The van der Waals surface area contributed by atoms with Gasteiger partial charge < -0.3 is 19.9 Å². The minimum Gasteiger partial charge on any atom is -0.508 e. The van der Waals surface area contributed by atoms with Gasteiger partial charge in [0.15, 0.2) is 6.61 Å².